The molecule has 0 amide bonds. The molecule has 1 fully saturated rings. The molecule has 0 radical (unpaired) electrons. The van der Waals surface area contributed by atoms with Crippen molar-refractivity contribution in [1.29, 1.82) is 0 Å². The van der Waals surface area contributed by atoms with Crippen molar-refractivity contribution in [3.63, 3.8) is 0 Å². The Labute approximate surface area is 140 Å². The predicted octanol–water partition coefficient (Wildman–Crippen LogP) is 3.14. The molecule has 2 atom stereocenters. The molecule has 1 aliphatic rings. The molecule has 5 heteroatoms. The van der Waals surface area contributed by atoms with Crippen LogP contribution in [0.3, 0.4) is 0 Å². The molecule has 3 rings (SSSR count). The lowest BCUT2D eigenvalue weighted by atomic mass is 9.90. The van der Waals surface area contributed by atoms with Crippen LogP contribution < -0.4 is 10.1 Å². The minimum atomic E-state index is -0.510. The van der Waals surface area contributed by atoms with E-state index in [2.05, 4.69) is 22.2 Å². The summed E-state index contributed by atoms with van der Waals surface area (Å²) in [6.07, 6.45) is 0.630. The quantitative estimate of drug-likeness (QED) is 0.876. The molecule has 1 aliphatic heterocycles. The van der Waals surface area contributed by atoms with Gasteiger partial charge in [0.25, 0.3) is 0 Å². The maximum Gasteiger partial charge on any atom is 0.337 e. The summed E-state index contributed by atoms with van der Waals surface area (Å²) in [5.74, 6) is -0.594. The lowest BCUT2D eigenvalue weighted by Crippen LogP contribution is -2.41. The second-order valence-corrected chi connectivity index (χ2v) is 5.88. The molecule has 4 nitrogen and oxygen atoms in total. The van der Waals surface area contributed by atoms with E-state index < -0.39 is 11.8 Å². The first kappa shape index (κ1) is 16.5. The van der Waals surface area contributed by atoms with Gasteiger partial charge in [0.05, 0.1) is 12.7 Å². The zero-order valence-corrected chi connectivity index (χ0v) is 13.5. The molecule has 24 heavy (non-hydrogen) atoms. The summed E-state index contributed by atoms with van der Waals surface area (Å²) in [4.78, 5) is 11.6. The maximum atomic E-state index is 14.0. The van der Waals surface area contributed by atoms with Crippen molar-refractivity contribution >= 4 is 5.97 Å². The monoisotopic (exact) mass is 329 g/mol. The third-order valence-corrected chi connectivity index (χ3v) is 4.23. The molecule has 2 aromatic carbocycles. The number of carbonyl (C=O) groups is 1. The average molecular weight is 329 g/mol. The van der Waals surface area contributed by atoms with E-state index >= 15 is 0 Å². The van der Waals surface area contributed by atoms with Gasteiger partial charge in [0, 0.05) is 13.1 Å². The number of carbonyl (C=O) groups excluding carboxylic acids is 1. The van der Waals surface area contributed by atoms with Gasteiger partial charge in [0.1, 0.15) is 6.10 Å². The molecule has 1 N–H and O–H groups in total. The van der Waals surface area contributed by atoms with Crippen LogP contribution in [0.15, 0.2) is 48.5 Å². The van der Waals surface area contributed by atoms with Crippen molar-refractivity contribution in [2.75, 3.05) is 20.2 Å². The molecule has 0 aliphatic carbocycles. The summed E-state index contributed by atoms with van der Waals surface area (Å²) < 4.78 is 24.5. The van der Waals surface area contributed by atoms with Crippen molar-refractivity contribution < 1.29 is 18.7 Å². The zero-order valence-electron chi connectivity index (χ0n) is 13.5. The number of halogens is 1. The molecule has 0 saturated carbocycles. The van der Waals surface area contributed by atoms with Crippen LogP contribution >= 0.6 is 0 Å². The number of methoxy groups -OCH3 is 1. The van der Waals surface area contributed by atoms with Gasteiger partial charge in [-0.25, -0.2) is 9.18 Å². The molecular formula is C19H20FNO3. The van der Waals surface area contributed by atoms with Crippen molar-refractivity contribution in [1.82, 2.24) is 5.32 Å². The standard InChI is InChI=1S/C19H20FNO3/c1-23-19(22)14-7-8-17(20)18(10-14)24-16-9-15(11-21-12-16)13-5-3-2-4-6-13/h2-8,10,15-16,21H,9,11-12H2,1H3. The van der Waals surface area contributed by atoms with Crippen LogP contribution in [0.1, 0.15) is 28.3 Å². The van der Waals surface area contributed by atoms with Crippen LogP contribution in [-0.2, 0) is 4.74 Å². The third-order valence-electron chi connectivity index (χ3n) is 4.23. The molecule has 1 saturated heterocycles. The van der Waals surface area contributed by atoms with E-state index in [1.165, 1.54) is 30.9 Å². The van der Waals surface area contributed by atoms with E-state index in [1.54, 1.807) is 0 Å². The van der Waals surface area contributed by atoms with Crippen LogP contribution in [0, 0.1) is 5.82 Å². The Morgan fingerprint density at radius 1 is 1.17 bits per heavy atom. The first-order chi connectivity index (χ1) is 11.7. The second kappa shape index (κ2) is 7.45. The number of benzene rings is 2. The first-order valence-electron chi connectivity index (χ1n) is 7.97. The fourth-order valence-corrected chi connectivity index (χ4v) is 2.99. The smallest absolute Gasteiger partial charge is 0.337 e. The highest BCUT2D eigenvalue weighted by molar-refractivity contribution is 5.89. The van der Waals surface area contributed by atoms with Crippen LogP contribution in [-0.4, -0.2) is 32.3 Å². The molecule has 126 valence electrons. The van der Waals surface area contributed by atoms with Gasteiger partial charge in [-0.1, -0.05) is 30.3 Å². The largest absolute Gasteiger partial charge is 0.486 e. The Bertz CT molecular complexity index is 705. The highest BCUT2D eigenvalue weighted by Crippen LogP contribution is 2.27. The normalized spacial score (nSPS) is 20.4. The van der Waals surface area contributed by atoms with Crippen molar-refractivity contribution in [2.24, 2.45) is 0 Å². The number of rotatable bonds is 4. The first-order valence-corrected chi connectivity index (χ1v) is 7.97. The number of ether oxygens (including phenoxy) is 2. The van der Waals surface area contributed by atoms with Crippen LogP contribution in [0.4, 0.5) is 4.39 Å². The van der Waals surface area contributed by atoms with Crippen LogP contribution in [0.2, 0.25) is 0 Å². The van der Waals surface area contributed by atoms with Crippen molar-refractivity contribution in [2.45, 2.75) is 18.4 Å². The molecule has 1 heterocycles. The van der Waals surface area contributed by atoms with Gasteiger partial charge in [0.2, 0.25) is 0 Å². The zero-order chi connectivity index (χ0) is 16.9. The van der Waals surface area contributed by atoms with E-state index in [1.807, 2.05) is 18.2 Å². The minimum absolute atomic E-state index is 0.0819. The fourth-order valence-electron chi connectivity index (χ4n) is 2.99. The molecule has 0 bridgehead atoms. The molecular weight excluding hydrogens is 309 g/mol. The van der Waals surface area contributed by atoms with Gasteiger partial charge in [-0.15, -0.1) is 0 Å². The number of piperidine rings is 1. The topological polar surface area (TPSA) is 47.6 Å². The number of hydrogen-bond acceptors (Lipinski definition) is 4. The summed E-state index contributed by atoms with van der Waals surface area (Å²) in [5.41, 5.74) is 1.51. The molecule has 0 spiro atoms. The second-order valence-electron chi connectivity index (χ2n) is 5.88. The predicted molar refractivity (Wildman–Crippen MR) is 88.8 cm³/mol. The number of esters is 1. The van der Waals surface area contributed by atoms with Crippen LogP contribution in [0.5, 0.6) is 5.75 Å². The van der Waals surface area contributed by atoms with E-state index in [0.717, 1.165) is 13.0 Å². The van der Waals surface area contributed by atoms with Gasteiger partial charge >= 0.3 is 5.97 Å². The van der Waals surface area contributed by atoms with Crippen molar-refractivity contribution in [3.05, 3.63) is 65.5 Å². The summed E-state index contributed by atoms with van der Waals surface area (Å²) in [6.45, 7) is 1.51. The Hall–Kier alpha value is -2.40. The van der Waals surface area contributed by atoms with E-state index in [9.17, 15) is 9.18 Å². The summed E-state index contributed by atoms with van der Waals surface area (Å²) in [5, 5.41) is 3.33. The van der Waals surface area contributed by atoms with Gasteiger partial charge in [-0.05, 0) is 36.1 Å². The summed E-state index contributed by atoms with van der Waals surface area (Å²) in [7, 11) is 1.29. The average Bonchev–Trinajstić information content (AvgIpc) is 2.64. The van der Waals surface area contributed by atoms with E-state index in [-0.39, 0.29) is 17.4 Å². The SMILES string of the molecule is COC(=O)c1ccc(F)c(OC2CNCC(c3ccccc3)C2)c1. The lowest BCUT2D eigenvalue weighted by Gasteiger charge is -2.30. The van der Waals surface area contributed by atoms with Gasteiger partial charge < -0.3 is 14.8 Å². The summed E-state index contributed by atoms with van der Waals surface area (Å²) >= 11 is 0. The Morgan fingerprint density at radius 3 is 2.71 bits per heavy atom. The fraction of sp³-hybridized carbons (Fsp3) is 0.316. The Balaban J connectivity index is 1.72. The van der Waals surface area contributed by atoms with Gasteiger partial charge in [0.15, 0.2) is 11.6 Å². The van der Waals surface area contributed by atoms with Gasteiger partial charge in [-0.3, -0.25) is 0 Å². The van der Waals surface area contributed by atoms with Crippen LogP contribution in [0.25, 0.3) is 0 Å². The van der Waals surface area contributed by atoms with E-state index in [0.29, 0.717) is 12.5 Å². The number of hydrogen-bond donors (Lipinski definition) is 1. The molecule has 2 unspecified atom stereocenters. The highest BCUT2D eigenvalue weighted by Gasteiger charge is 2.25. The Kier molecular flexibility index (Phi) is 5.11. The third kappa shape index (κ3) is 3.74. The maximum absolute atomic E-state index is 14.0. The minimum Gasteiger partial charge on any atom is -0.486 e. The van der Waals surface area contributed by atoms with Crippen molar-refractivity contribution in [3.8, 4) is 5.75 Å². The lowest BCUT2D eigenvalue weighted by molar-refractivity contribution is 0.0599. The highest BCUT2D eigenvalue weighted by atomic mass is 19.1. The van der Waals surface area contributed by atoms with E-state index in [4.69, 9.17) is 4.74 Å². The number of nitrogens with one attached hydrogen (secondary N) is 1. The summed E-state index contributed by atoms with van der Waals surface area (Å²) in [6, 6.07) is 14.2. The molecule has 0 aromatic heterocycles. The molecule has 2 aromatic rings. The Morgan fingerprint density at radius 2 is 1.96 bits per heavy atom. The van der Waals surface area contributed by atoms with Gasteiger partial charge in [-0.2, -0.15) is 0 Å².